The van der Waals surface area contributed by atoms with E-state index in [1.165, 1.54) is 11.1 Å². The van der Waals surface area contributed by atoms with Crippen molar-refractivity contribution >= 4 is 0 Å². The average Bonchev–Trinajstić information content (AvgIpc) is 2.91. The van der Waals surface area contributed by atoms with Gasteiger partial charge in [-0.15, -0.1) is 0 Å². The summed E-state index contributed by atoms with van der Waals surface area (Å²) in [5.74, 6) is 0.988. The van der Waals surface area contributed by atoms with E-state index in [-0.39, 0.29) is 0 Å². The zero-order valence-electron chi connectivity index (χ0n) is 11.7. The average molecular weight is 258 g/mol. The molecular weight excluding hydrogens is 236 g/mol. The topological polar surface area (TPSA) is 28.4 Å². The Morgan fingerprint density at radius 3 is 2.74 bits per heavy atom. The lowest BCUT2D eigenvalue weighted by Crippen LogP contribution is -2.28. The second kappa shape index (κ2) is 7.12. The molecule has 0 saturated heterocycles. The van der Waals surface area contributed by atoms with Gasteiger partial charge in [0.25, 0.3) is 0 Å². The summed E-state index contributed by atoms with van der Waals surface area (Å²) in [6.45, 7) is 5.94. The molecule has 0 aliphatic carbocycles. The molecule has 0 spiro atoms. The predicted octanol–water partition coefficient (Wildman–Crippen LogP) is 2.81. The summed E-state index contributed by atoms with van der Waals surface area (Å²) < 4.78 is 5.28. The van der Waals surface area contributed by atoms with Gasteiger partial charge in [-0.3, -0.25) is 0 Å². The maximum Gasteiger partial charge on any atom is 0.117 e. The van der Waals surface area contributed by atoms with Gasteiger partial charge in [0.15, 0.2) is 0 Å². The van der Waals surface area contributed by atoms with Crippen molar-refractivity contribution in [2.75, 3.05) is 20.1 Å². The Labute approximate surface area is 115 Å². The van der Waals surface area contributed by atoms with Crippen molar-refractivity contribution in [2.24, 2.45) is 0 Å². The fourth-order valence-electron chi connectivity index (χ4n) is 2.05. The summed E-state index contributed by atoms with van der Waals surface area (Å²) in [5, 5.41) is 3.38. The summed E-state index contributed by atoms with van der Waals surface area (Å²) in [7, 11) is 2.15. The molecule has 1 aromatic heterocycles. The summed E-state index contributed by atoms with van der Waals surface area (Å²) in [5.41, 5.74) is 2.76. The third-order valence-electron chi connectivity index (χ3n) is 3.25. The van der Waals surface area contributed by atoms with Crippen LogP contribution in [0, 0.1) is 6.92 Å². The molecule has 1 heterocycles. The molecule has 0 aliphatic rings. The van der Waals surface area contributed by atoms with Crippen molar-refractivity contribution in [3.05, 3.63) is 59.5 Å². The van der Waals surface area contributed by atoms with Gasteiger partial charge in [0.2, 0.25) is 0 Å². The molecule has 0 aliphatic heterocycles. The van der Waals surface area contributed by atoms with Crippen LogP contribution in [0.5, 0.6) is 0 Å². The van der Waals surface area contributed by atoms with Gasteiger partial charge in [-0.05, 0) is 37.2 Å². The van der Waals surface area contributed by atoms with E-state index in [2.05, 4.69) is 48.5 Å². The van der Waals surface area contributed by atoms with E-state index in [0.717, 1.165) is 31.9 Å². The highest BCUT2D eigenvalue weighted by Gasteiger charge is 2.02. The number of hydrogen-bond acceptors (Lipinski definition) is 3. The second-order valence-corrected chi connectivity index (χ2v) is 4.92. The Kier molecular flexibility index (Phi) is 5.19. The van der Waals surface area contributed by atoms with Gasteiger partial charge >= 0.3 is 0 Å². The Bertz CT molecular complexity index is 479. The lowest BCUT2D eigenvalue weighted by molar-refractivity contribution is 0.321. The van der Waals surface area contributed by atoms with Gasteiger partial charge < -0.3 is 14.6 Å². The monoisotopic (exact) mass is 258 g/mol. The first-order valence-electron chi connectivity index (χ1n) is 6.72. The normalized spacial score (nSPS) is 11.1. The van der Waals surface area contributed by atoms with Crippen molar-refractivity contribution in [1.29, 1.82) is 0 Å². The first kappa shape index (κ1) is 13.8. The van der Waals surface area contributed by atoms with Crippen LogP contribution in [0.1, 0.15) is 16.9 Å². The molecule has 19 heavy (non-hydrogen) atoms. The Balaban J connectivity index is 1.67. The van der Waals surface area contributed by atoms with Crippen LogP contribution in [0.2, 0.25) is 0 Å². The first-order chi connectivity index (χ1) is 9.25. The van der Waals surface area contributed by atoms with Crippen LogP contribution >= 0.6 is 0 Å². The summed E-state index contributed by atoms with van der Waals surface area (Å²) in [6.07, 6.45) is 1.71. The molecule has 1 N–H and O–H groups in total. The zero-order valence-corrected chi connectivity index (χ0v) is 11.7. The molecule has 0 amide bonds. The standard InChI is InChI=1S/C16H22N2O/c1-14-6-3-4-7-15(14)13-18(2)10-9-17-12-16-8-5-11-19-16/h3-8,11,17H,9-10,12-13H2,1-2H3. The van der Waals surface area contributed by atoms with Crippen LogP contribution in [0.4, 0.5) is 0 Å². The maximum absolute atomic E-state index is 5.28. The molecule has 0 unspecified atom stereocenters. The van der Waals surface area contributed by atoms with Gasteiger partial charge in [0, 0.05) is 19.6 Å². The van der Waals surface area contributed by atoms with Crippen molar-refractivity contribution in [3.63, 3.8) is 0 Å². The van der Waals surface area contributed by atoms with Crippen LogP contribution in [-0.4, -0.2) is 25.0 Å². The van der Waals surface area contributed by atoms with E-state index in [0.29, 0.717) is 0 Å². The largest absolute Gasteiger partial charge is 0.468 e. The van der Waals surface area contributed by atoms with Gasteiger partial charge in [0.05, 0.1) is 12.8 Å². The quantitative estimate of drug-likeness (QED) is 0.774. The minimum absolute atomic E-state index is 0.797. The van der Waals surface area contributed by atoms with Crippen LogP contribution in [0.15, 0.2) is 47.1 Å². The Hall–Kier alpha value is -1.58. The highest BCUT2D eigenvalue weighted by Crippen LogP contribution is 2.08. The minimum Gasteiger partial charge on any atom is -0.468 e. The number of benzene rings is 1. The van der Waals surface area contributed by atoms with Crippen molar-refractivity contribution < 1.29 is 4.42 Å². The fourth-order valence-corrected chi connectivity index (χ4v) is 2.05. The number of hydrogen-bond donors (Lipinski definition) is 1. The van der Waals surface area contributed by atoms with Crippen LogP contribution in [-0.2, 0) is 13.1 Å². The molecule has 0 fully saturated rings. The van der Waals surface area contributed by atoms with Crippen LogP contribution in [0.25, 0.3) is 0 Å². The molecule has 3 nitrogen and oxygen atoms in total. The zero-order chi connectivity index (χ0) is 13.5. The molecule has 0 bridgehead atoms. The Morgan fingerprint density at radius 2 is 2.00 bits per heavy atom. The molecule has 1 aromatic carbocycles. The lowest BCUT2D eigenvalue weighted by atomic mass is 10.1. The van der Waals surface area contributed by atoms with E-state index < -0.39 is 0 Å². The van der Waals surface area contributed by atoms with Crippen LogP contribution < -0.4 is 5.32 Å². The van der Waals surface area contributed by atoms with E-state index in [1.54, 1.807) is 6.26 Å². The number of likely N-dealkylation sites (N-methyl/N-ethyl adjacent to an activating group) is 1. The molecule has 3 heteroatoms. The van der Waals surface area contributed by atoms with Gasteiger partial charge in [-0.1, -0.05) is 24.3 Å². The highest BCUT2D eigenvalue weighted by atomic mass is 16.3. The molecule has 0 atom stereocenters. The van der Waals surface area contributed by atoms with Crippen LogP contribution in [0.3, 0.4) is 0 Å². The third-order valence-corrected chi connectivity index (χ3v) is 3.25. The van der Waals surface area contributed by atoms with Gasteiger partial charge in [-0.25, -0.2) is 0 Å². The molecule has 2 rings (SSSR count). The molecular formula is C16H22N2O. The summed E-state index contributed by atoms with van der Waals surface area (Å²) in [6, 6.07) is 12.5. The van der Waals surface area contributed by atoms with Gasteiger partial charge in [-0.2, -0.15) is 0 Å². The highest BCUT2D eigenvalue weighted by molar-refractivity contribution is 5.25. The molecule has 0 radical (unpaired) electrons. The van der Waals surface area contributed by atoms with Crippen molar-refractivity contribution in [3.8, 4) is 0 Å². The lowest BCUT2D eigenvalue weighted by Gasteiger charge is -2.18. The molecule has 2 aromatic rings. The third kappa shape index (κ3) is 4.54. The molecule has 0 saturated carbocycles. The number of nitrogens with zero attached hydrogens (tertiary/aromatic N) is 1. The number of aryl methyl sites for hydroxylation is 1. The SMILES string of the molecule is Cc1ccccc1CN(C)CCNCc1ccco1. The predicted molar refractivity (Wildman–Crippen MR) is 77.9 cm³/mol. The van der Waals surface area contributed by atoms with Crippen molar-refractivity contribution in [2.45, 2.75) is 20.0 Å². The second-order valence-electron chi connectivity index (χ2n) is 4.92. The number of nitrogens with one attached hydrogen (secondary N) is 1. The smallest absolute Gasteiger partial charge is 0.117 e. The van der Waals surface area contributed by atoms with E-state index in [1.807, 2.05) is 12.1 Å². The maximum atomic E-state index is 5.28. The summed E-state index contributed by atoms with van der Waals surface area (Å²) in [4.78, 5) is 2.33. The minimum atomic E-state index is 0.797. The number of furan rings is 1. The van der Waals surface area contributed by atoms with E-state index in [4.69, 9.17) is 4.42 Å². The van der Waals surface area contributed by atoms with Gasteiger partial charge in [0.1, 0.15) is 5.76 Å². The summed E-state index contributed by atoms with van der Waals surface area (Å²) >= 11 is 0. The Morgan fingerprint density at radius 1 is 1.16 bits per heavy atom. The van der Waals surface area contributed by atoms with E-state index >= 15 is 0 Å². The van der Waals surface area contributed by atoms with E-state index in [9.17, 15) is 0 Å². The number of rotatable bonds is 7. The fraction of sp³-hybridized carbons (Fsp3) is 0.375. The first-order valence-corrected chi connectivity index (χ1v) is 6.72. The van der Waals surface area contributed by atoms with Crippen molar-refractivity contribution in [1.82, 2.24) is 10.2 Å². The molecule has 102 valence electrons.